The van der Waals surface area contributed by atoms with Crippen LogP contribution in [0.4, 0.5) is 5.69 Å². The minimum Gasteiger partial charge on any atom is -0.494 e. The highest BCUT2D eigenvalue weighted by atomic mass is 16.5. The molecule has 5 heteroatoms. The zero-order chi connectivity index (χ0) is 15.4. The van der Waals surface area contributed by atoms with Crippen molar-refractivity contribution < 1.29 is 9.53 Å². The Kier molecular flexibility index (Phi) is 3.96. The molecular formula is C17H15N3O2. The van der Waals surface area contributed by atoms with Gasteiger partial charge in [-0.15, -0.1) is 5.10 Å². The maximum Gasteiger partial charge on any atom is 0.276 e. The molecule has 22 heavy (non-hydrogen) atoms. The van der Waals surface area contributed by atoms with Gasteiger partial charge < -0.3 is 10.1 Å². The number of amides is 1. The van der Waals surface area contributed by atoms with Crippen molar-refractivity contribution >= 4 is 23.5 Å². The highest BCUT2D eigenvalue weighted by molar-refractivity contribution is 6.53. The van der Waals surface area contributed by atoms with Gasteiger partial charge in [-0.2, -0.15) is 5.10 Å². The lowest BCUT2D eigenvalue weighted by Crippen LogP contribution is -2.13. The van der Waals surface area contributed by atoms with E-state index in [0.717, 1.165) is 22.6 Å². The molecule has 0 radical (unpaired) electrons. The first-order valence-corrected chi connectivity index (χ1v) is 7.02. The quantitative estimate of drug-likeness (QED) is 0.696. The number of rotatable bonds is 4. The first kappa shape index (κ1) is 14.0. The third-order valence-electron chi connectivity index (χ3n) is 3.20. The minimum atomic E-state index is -0.231. The molecule has 2 aromatic rings. The summed E-state index contributed by atoms with van der Waals surface area (Å²) in [6.45, 7) is 2.57. The van der Waals surface area contributed by atoms with Crippen molar-refractivity contribution in [1.82, 2.24) is 0 Å². The fourth-order valence-electron chi connectivity index (χ4n) is 2.17. The van der Waals surface area contributed by atoms with Crippen LogP contribution in [-0.4, -0.2) is 24.4 Å². The second-order valence-electron chi connectivity index (χ2n) is 4.69. The second kappa shape index (κ2) is 6.22. The normalized spacial score (nSPS) is 15.1. The van der Waals surface area contributed by atoms with Gasteiger partial charge in [0.1, 0.15) is 5.75 Å². The van der Waals surface area contributed by atoms with Crippen LogP contribution in [0.3, 0.4) is 0 Å². The van der Waals surface area contributed by atoms with Crippen molar-refractivity contribution in [2.45, 2.75) is 6.92 Å². The standard InChI is InChI=1S/C17H15N3O2/c1-2-22-13-9-7-12(8-10-13)11-18-20-16-14-5-3-4-6-15(14)19-17(16)21/h3-11H,2H2,1H3,(H,19,20,21)/b18-11-. The zero-order valence-corrected chi connectivity index (χ0v) is 12.1. The molecule has 5 nitrogen and oxygen atoms in total. The third kappa shape index (κ3) is 2.88. The van der Waals surface area contributed by atoms with Crippen molar-refractivity contribution in [2.24, 2.45) is 10.2 Å². The Labute approximate surface area is 128 Å². The molecule has 1 amide bonds. The summed E-state index contributed by atoms with van der Waals surface area (Å²) in [5.41, 5.74) is 2.76. The number of anilines is 1. The number of fused-ring (bicyclic) bond motifs is 1. The number of hydrogen-bond acceptors (Lipinski definition) is 4. The zero-order valence-electron chi connectivity index (χ0n) is 12.1. The predicted molar refractivity (Wildman–Crippen MR) is 86.8 cm³/mol. The van der Waals surface area contributed by atoms with Gasteiger partial charge in [0.25, 0.3) is 5.91 Å². The average molecular weight is 293 g/mol. The SMILES string of the molecule is CCOc1ccc(/C=N\N=C2/C(=O)Nc3ccccc32)cc1. The van der Waals surface area contributed by atoms with E-state index in [1.807, 2.05) is 55.5 Å². The summed E-state index contributed by atoms with van der Waals surface area (Å²) in [6, 6.07) is 14.9. The van der Waals surface area contributed by atoms with Crippen molar-refractivity contribution in [2.75, 3.05) is 11.9 Å². The van der Waals surface area contributed by atoms with E-state index in [4.69, 9.17) is 4.74 Å². The summed E-state index contributed by atoms with van der Waals surface area (Å²) >= 11 is 0. The van der Waals surface area contributed by atoms with Gasteiger partial charge in [-0.05, 0) is 42.8 Å². The fraction of sp³-hybridized carbons (Fsp3) is 0.118. The minimum absolute atomic E-state index is 0.231. The van der Waals surface area contributed by atoms with E-state index in [1.165, 1.54) is 0 Å². The van der Waals surface area contributed by atoms with Crippen molar-refractivity contribution in [3.8, 4) is 5.75 Å². The number of para-hydroxylation sites is 1. The number of nitrogens with one attached hydrogen (secondary N) is 1. The van der Waals surface area contributed by atoms with Crippen LogP contribution in [0.5, 0.6) is 5.75 Å². The van der Waals surface area contributed by atoms with E-state index in [1.54, 1.807) is 6.21 Å². The number of carbonyl (C=O) groups excluding carboxylic acids is 1. The smallest absolute Gasteiger partial charge is 0.276 e. The van der Waals surface area contributed by atoms with Gasteiger partial charge in [0.15, 0.2) is 5.71 Å². The van der Waals surface area contributed by atoms with E-state index < -0.39 is 0 Å². The number of hydrogen-bond donors (Lipinski definition) is 1. The Morgan fingerprint density at radius 1 is 1.14 bits per heavy atom. The first-order valence-electron chi connectivity index (χ1n) is 7.02. The Hall–Kier alpha value is -2.95. The van der Waals surface area contributed by atoms with Crippen LogP contribution in [0, 0.1) is 0 Å². The maximum absolute atomic E-state index is 11.9. The van der Waals surface area contributed by atoms with Crippen LogP contribution >= 0.6 is 0 Å². The number of benzene rings is 2. The molecule has 1 aliphatic rings. The molecule has 3 rings (SSSR count). The molecule has 0 atom stereocenters. The monoisotopic (exact) mass is 293 g/mol. The average Bonchev–Trinajstić information content (AvgIpc) is 2.85. The molecule has 2 aromatic carbocycles. The Balaban J connectivity index is 1.77. The van der Waals surface area contributed by atoms with Crippen LogP contribution in [0.1, 0.15) is 18.1 Å². The van der Waals surface area contributed by atoms with Gasteiger partial charge in [0, 0.05) is 5.56 Å². The van der Waals surface area contributed by atoms with Crippen molar-refractivity contribution in [1.29, 1.82) is 0 Å². The van der Waals surface area contributed by atoms with E-state index in [2.05, 4.69) is 15.5 Å². The molecule has 110 valence electrons. The highest BCUT2D eigenvalue weighted by Gasteiger charge is 2.25. The first-order chi connectivity index (χ1) is 10.8. The Morgan fingerprint density at radius 2 is 1.91 bits per heavy atom. The summed E-state index contributed by atoms with van der Waals surface area (Å²) in [5.74, 6) is 0.583. The molecule has 0 saturated heterocycles. The highest BCUT2D eigenvalue weighted by Crippen LogP contribution is 2.22. The van der Waals surface area contributed by atoms with Crippen molar-refractivity contribution in [3.05, 3.63) is 59.7 Å². The van der Waals surface area contributed by atoms with Crippen LogP contribution in [0.2, 0.25) is 0 Å². The van der Waals surface area contributed by atoms with Crippen LogP contribution in [-0.2, 0) is 4.79 Å². The Bertz CT molecular complexity index is 749. The topological polar surface area (TPSA) is 63.1 Å². The molecule has 0 saturated carbocycles. The van der Waals surface area contributed by atoms with Crippen LogP contribution in [0.15, 0.2) is 58.7 Å². The molecule has 0 aliphatic carbocycles. The molecule has 0 unspecified atom stereocenters. The fourth-order valence-corrected chi connectivity index (χ4v) is 2.17. The van der Waals surface area contributed by atoms with Gasteiger partial charge in [0.2, 0.25) is 0 Å². The van der Waals surface area contributed by atoms with E-state index in [-0.39, 0.29) is 5.91 Å². The molecule has 1 N–H and O–H groups in total. The lowest BCUT2D eigenvalue weighted by molar-refractivity contribution is -0.110. The largest absolute Gasteiger partial charge is 0.494 e. The molecule has 1 aliphatic heterocycles. The molecule has 0 spiro atoms. The lowest BCUT2D eigenvalue weighted by atomic mass is 10.1. The van der Waals surface area contributed by atoms with Gasteiger partial charge in [0.05, 0.1) is 18.5 Å². The number of carbonyl (C=O) groups is 1. The number of ether oxygens (including phenoxy) is 1. The molecule has 0 aromatic heterocycles. The van der Waals surface area contributed by atoms with Crippen molar-refractivity contribution in [3.63, 3.8) is 0 Å². The molecule has 0 bridgehead atoms. The van der Waals surface area contributed by atoms with E-state index >= 15 is 0 Å². The summed E-state index contributed by atoms with van der Waals surface area (Å²) < 4.78 is 5.37. The molecule has 0 fully saturated rings. The van der Waals surface area contributed by atoms with Gasteiger partial charge in [-0.25, -0.2) is 0 Å². The summed E-state index contributed by atoms with van der Waals surface area (Å²) in [4.78, 5) is 11.9. The second-order valence-corrected chi connectivity index (χ2v) is 4.69. The van der Waals surface area contributed by atoms with Gasteiger partial charge >= 0.3 is 0 Å². The van der Waals surface area contributed by atoms with Gasteiger partial charge in [-0.3, -0.25) is 4.79 Å². The van der Waals surface area contributed by atoms with Crippen LogP contribution in [0.25, 0.3) is 0 Å². The summed E-state index contributed by atoms with van der Waals surface area (Å²) in [5, 5.41) is 10.8. The summed E-state index contributed by atoms with van der Waals surface area (Å²) in [7, 11) is 0. The molecule has 1 heterocycles. The van der Waals surface area contributed by atoms with E-state index in [9.17, 15) is 4.79 Å². The molecular weight excluding hydrogens is 278 g/mol. The van der Waals surface area contributed by atoms with Crippen LogP contribution < -0.4 is 10.1 Å². The van der Waals surface area contributed by atoms with E-state index in [0.29, 0.717) is 12.3 Å². The number of nitrogens with zero attached hydrogens (tertiary/aromatic N) is 2. The van der Waals surface area contributed by atoms with Gasteiger partial charge in [-0.1, -0.05) is 18.2 Å². The summed E-state index contributed by atoms with van der Waals surface area (Å²) in [6.07, 6.45) is 1.61. The third-order valence-corrected chi connectivity index (χ3v) is 3.20. The Morgan fingerprint density at radius 3 is 2.68 bits per heavy atom. The predicted octanol–water partition coefficient (Wildman–Crippen LogP) is 2.86. The lowest BCUT2D eigenvalue weighted by Gasteiger charge is -2.01. The maximum atomic E-state index is 11.9.